The minimum absolute atomic E-state index is 0.0408. The number of nitrogens with zero attached hydrogens (tertiary/aromatic N) is 4. The lowest BCUT2D eigenvalue weighted by molar-refractivity contribution is -0.125. The average molecular weight is 308 g/mol. The molecule has 1 aromatic carbocycles. The van der Waals surface area contributed by atoms with Gasteiger partial charge in [0.2, 0.25) is 5.91 Å². The number of likely N-dealkylation sites (N-methyl/N-ethyl adjacent to an activating group) is 1. The third-order valence-electron chi connectivity index (χ3n) is 4.01. The van der Waals surface area contributed by atoms with Gasteiger partial charge >= 0.3 is 0 Å². The van der Waals surface area contributed by atoms with E-state index in [1.165, 1.54) is 0 Å². The number of fused-ring (bicyclic) bond motifs is 1. The molecule has 0 saturated heterocycles. The van der Waals surface area contributed by atoms with Gasteiger partial charge in [-0.1, -0.05) is 18.2 Å². The molecule has 23 heavy (non-hydrogen) atoms. The first kappa shape index (κ1) is 15.1. The third-order valence-corrected chi connectivity index (χ3v) is 4.01. The molecule has 0 aliphatic rings. The molecule has 3 rings (SSSR count). The molecule has 0 radical (unpaired) electrons. The molecule has 1 amide bonds. The zero-order valence-corrected chi connectivity index (χ0v) is 13.6. The van der Waals surface area contributed by atoms with Gasteiger partial charge in [-0.05, 0) is 12.1 Å². The lowest BCUT2D eigenvalue weighted by Crippen LogP contribution is -2.25. The van der Waals surface area contributed by atoms with E-state index in [9.17, 15) is 4.79 Å². The molecule has 5 heteroatoms. The van der Waals surface area contributed by atoms with E-state index in [2.05, 4.69) is 21.7 Å². The first-order valence-electron chi connectivity index (χ1n) is 7.49. The van der Waals surface area contributed by atoms with Crippen molar-refractivity contribution in [3.63, 3.8) is 0 Å². The molecule has 0 aliphatic heterocycles. The summed E-state index contributed by atoms with van der Waals surface area (Å²) >= 11 is 0. The number of aryl methyl sites for hydroxylation is 2. The summed E-state index contributed by atoms with van der Waals surface area (Å²) in [6, 6.07) is 8.16. The van der Waals surface area contributed by atoms with E-state index >= 15 is 0 Å². The molecule has 3 aromatic rings. The molecule has 0 unspecified atom stereocenters. The van der Waals surface area contributed by atoms with Crippen LogP contribution in [0, 0.1) is 0 Å². The summed E-state index contributed by atoms with van der Waals surface area (Å²) in [7, 11) is 5.71. The predicted molar refractivity (Wildman–Crippen MR) is 91.6 cm³/mol. The summed E-state index contributed by atoms with van der Waals surface area (Å²) in [5.74, 6) is 0.820. The molecule has 0 bridgehead atoms. The molecule has 0 N–H and O–H groups in total. The van der Waals surface area contributed by atoms with Crippen LogP contribution in [0.2, 0.25) is 0 Å². The quantitative estimate of drug-likeness (QED) is 0.695. The van der Waals surface area contributed by atoms with Crippen molar-refractivity contribution in [3.8, 4) is 0 Å². The average Bonchev–Trinajstić information content (AvgIpc) is 3.09. The second-order valence-electron chi connectivity index (χ2n) is 5.69. The summed E-state index contributed by atoms with van der Waals surface area (Å²) in [5.41, 5.74) is 2.20. The van der Waals surface area contributed by atoms with Crippen LogP contribution in [0.15, 0.2) is 48.9 Å². The van der Waals surface area contributed by atoms with E-state index in [-0.39, 0.29) is 5.91 Å². The first-order chi connectivity index (χ1) is 11.1. The topological polar surface area (TPSA) is 43.1 Å². The van der Waals surface area contributed by atoms with Crippen molar-refractivity contribution in [2.24, 2.45) is 14.1 Å². The molecular weight excluding hydrogens is 288 g/mol. The molecule has 0 spiro atoms. The summed E-state index contributed by atoms with van der Waals surface area (Å²) in [4.78, 5) is 18.2. The Kier molecular flexibility index (Phi) is 4.02. The minimum Gasteiger partial charge on any atom is -0.350 e. The Balaban J connectivity index is 1.76. The number of para-hydroxylation sites is 1. The molecular formula is C18H20N4O. The summed E-state index contributed by atoms with van der Waals surface area (Å²) in [5, 5.41) is 1.14. The summed E-state index contributed by atoms with van der Waals surface area (Å²) in [6.45, 7) is 0.488. The van der Waals surface area contributed by atoms with Gasteiger partial charge < -0.3 is 14.0 Å². The molecule has 5 nitrogen and oxygen atoms in total. The van der Waals surface area contributed by atoms with E-state index in [0.717, 1.165) is 22.3 Å². The molecule has 0 saturated carbocycles. The Hall–Kier alpha value is -2.82. The predicted octanol–water partition coefficient (Wildman–Crippen LogP) is 2.58. The molecule has 2 heterocycles. The maximum atomic E-state index is 12.3. The zero-order valence-electron chi connectivity index (χ0n) is 13.6. The number of aromatic nitrogens is 3. The van der Waals surface area contributed by atoms with Gasteiger partial charge in [0, 0.05) is 62.3 Å². The second-order valence-corrected chi connectivity index (χ2v) is 5.69. The van der Waals surface area contributed by atoms with Crippen LogP contribution in [0.3, 0.4) is 0 Å². The minimum atomic E-state index is -0.0408. The number of carbonyl (C=O) groups excluding carboxylic acids is 1. The summed E-state index contributed by atoms with van der Waals surface area (Å²) in [6.07, 6.45) is 9.14. The van der Waals surface area contributed by atoms with Crippen LogP contribution in [0.5, 0.6) is 0 Å². The number of imidazole rings is 1. The zero-order chi connectivity index (χ0) is 16.4. The van der Waals surface area contributed by atoms with Gasteiger partial charge in [-0.3, -0.25) is 4.79 Å². The number of hydrogen-bond acceptors (Lipinski definition) is 2. The maximum Gasteiger partial charge on any atom is 0.246 e. The highest BCUT2D eigenvalue weighted by atomic mass is 16.2. The van der Waals surface area contributed by atoms with Gasteiger partial charge in [0.05, 0.1) is 6.54 Å². The monoisotopic (exact) mass is 308 g/mol. The Bertz CT molecular complexity index is 872. The smallest absolute Gasteiger partial charge is 0.246 e. The second kappa shape index (κ2) is 6.12. The molecule has 0 atom stereocenters. The fourth-order valence-corrected chi connectivity index (χ4v) is 2.63. The van der Waals surface area contributed by atoms with Gasteiger partial charge in [0.1, 0.15) is 5.82 Å². The van der Waals surface area contributed by atoms with Crippen molar-refractivity contribution in [1.82, 2.24) is 19.0 Å². The number of benzene rings is 1. The van der Waals surface area contributed by atoms with Crippen LogP contribution in [0.25, 0.3) is 17.0 Å². The van der Waals surface area contributed by atoms with E-state index in [1.54, 1.807) is 24.2 Å². The Morgan fingerprint density at radius 1 is 1.26 bits per heavy atom. The van der Waals surface area contributed by atoms with Crippen molar-refractivity contribution < 1.29 is 4.79 Å². The Morgan fingerprint density at radius 3 is 2.78 bits per heavy atom. The van der Waals surface area contributed by atoms with Gasteiger partial charge in [-0.2, -0.15) is 0 Å². The SMILES string of the molecule is CN(Cc1nccn1C)C(=O)/C=C\c1cn(C)c2ccccc12. The van der Waals surface area contributed by atoms with Crippen molar-refractivity contribution in [2.75, 3.05) is 7.05 Å². The Morgan fingerprint density at radius 2 is 2.04 bits per heavy atom. The van der Waals surface area contributed by atoms with Crippen LogP contribution < -0.4 is 0 Å². The fraction of sp³-hybridized carbons (Fsp3) is 0.222. The lowest BCUT2D eigenvalue weighted by Gasteiger charge is -2.14. The first-order valence-corrected chi connectivity index (χ1v) is 7.49. The van der Waals surface area contributed by atoms with Crippen molar-refractivity contribution in [3.05, 3.63) is 60.3 Å². The van der Waals surface area contributed by atoms with E-state index in [0.29, 0.717) is 6.54 Å². The Labute approximate surface area is 135 Å². The largest absolute Gasteiger partial charge is 0.350 e. The van der Waals surface area contributed by atoms with Crippen LogP contribution in [0.4, 0.5) is 0 Å². The van der Waals surface area contributed by atoms with Gasteiger partial charge in [-0.15, -0.1) is 0 Å². The molecule has 118 valence electrons. The fourth-order valence-electron chi connectivity index (χ4n) is 2.63. The summed E-state index contributed by atoms with van der Waals surface area (Å²) < 4.78 is 3.98. The van der Waals surface area contributed by atoms with Crippen LogP contribution in [0.1, 0.15) is 11.4 Å². The van der Waals surface area contributed by atoms with E-state index < -0.39 is 0 Å². The van der Waals surface area contributed by atoms with Crippen molar-refractivity contribution >= 4 is 22.9 Å². The maximum absolute atomic E-state index is 12.3. The highest BCUT2D eigenvalue weighted by Crippen LogP contribution is 2.21. The third kappa shape index (κ3) is 3.04. The van der Waals surface area contributed by atoms with Gasteiger partial charge in [0.25, 0.3) is 0 Å². The normalized spacial score (nSPS) is 11.4. The van der Waals surface area contributed by atoms with Gasteiger partial charge in [0.15, 0.2) is 0 Å². The van der Waals surface area contributed by atoms with E-state index in [4.69, 9.17) is 0 Å². The highest BCUT2D eigenvalue weighted by molar-refractivity contribution is 5.96. The van der Waals surface area contributed by atoms with Crippen LogP contribution in [-0.4, -0.2) is 32.0 Å². The number of hydrogen-bond donors (Lipinski definition) is 0. The van der Waals surface area contributed by atoms with Crippen molar-refractivity contribution in [2.45, 2.75) is 6.54 Å². The van der Waals surface area contributed by atoms with Gasteiger partial charge in [-0.25, -0.2) is 4.98 Å². The standard InChI is InChI=1S/C18H20N4O/c1-20-11-10-19-17(20)13-22(3)18(23)9-8-14-12-21(2)16-7-5-4-6-15(14)16/h4-12H,13H2,1-3H3/b9-8-. The lowest BCUT2D eigenvalue weighted by atomic mass is 10.1. The number of rotatable bonds is 4. The molecule has 0 aliphatic carbocycles. The number of carbonyl (C=O) groups is 1. The van der Waals surface area contributed by atoms with Crippen molar-refractivity contribution in [1.29, 1.82) is 0 Å². The van der Waals surface area contributed by atoms with Crippen LogP contribution in [-0.2, 0) is 25.4 Å². The molecule has 2 aromatic heterocycles. The highest BCUT2D eigenvalue weighted by Gasteiger charge is 2.09. The number of amides is 1. The molecule has 0 fully saturated rings. The van der Waals surface area contributed by atoms with Crippen LogP contribution >= 0.6 is 0 Å². The van der Waals surface area contributed by atoms with E-state index in [1.807, 2.05) is 49.3 Å².